The summed E-state index contributed by atoms with van der Waals surface area (Å²) in [5.41, 5.74) is 0. The molecule has 1 aliphatic rings. The lowest BCUT2D eigenvalue weighted by Crippen LogP contribution is -2.47. The van der Waals surface area contributed by atoms with Crippen molar-refractivity contribution in [2.75, 3.05) is 0 Å². The Bertz CT molecular complexity index is 289. The van der Waals surface area contributed by atoms with Gasteiger partial charge >= 0.3 is 11.9 Å². The van der Waals surface area contributed by atoms with Gasteiger partial charge in [-0.15, -0.1) is 0 Å². The van der Waals surface area contributed by atoms with Crippen LogP contribution in [0.3, 0.4) is 0 Å². The predicted molar refractivity (Wildman–Crippen MR) is 52.7 cm³/mol. The van der Waals surface area contributed by atoms with Crippen molar-refractivity contribution in [3.63, 3.8) is 0 Å². The summed E-state index contributed by atoms with van der Waals surface area (Å²) in [6.07, 6.45) is -2.22. The van der Waals surface area contributed by atoms with E-state index < -0.39 is 36.0 Å². The SMILES string of the molecule is CC1CC(O)C(C(=O)O)C(C(O)C(=O)O)C1. The van der Waals surface area contributed by atoms with Gasteiger partial charge in [-0.3, -0.25) is 4.79 Å². The molecule has 16 heavy (non-hydrogen) atoms. The molecule has 1 saturated carbocycles. The molecule has 0 spiro atoms. The summed E-state index contributed by atoms with van der Waals surface area (Å²) in [6, 6.07) is 0. The lowest BCUT2D eigenvalue weighted by atomic mass is 9.70. The lowest BCUT2D eigenvalue weighted by molar-refractivity contribution is -0.164. The highest BCUT2D eigenvalue weighted by Crippen LogP contribution is 2.36. The monoisotopic (exact) mass is 232 g/mol. The maximum absolute atomic E-state index is 10.9. The number of aliphatic hydroxyl groups excluding tert-OH is 2. The molecule has 4 N–H and O–H groups in total. The van der Waals surface area contributed by atoms with Crippen LogP contribution in [0, 0.1) is 17.8 Å². The van der Waals surface area contributed by atoms with Crippen molar-refractivity contribution in [1.29, 1.82) is 0 Å². The quantitative estimate of drug-likeness (QED) is 0.523. The molecule has 0 aliphatic heterocycles. The molecule has 92 valence electrons. The minimum atomic E-state index is -1.74. The summed E-state index contributed by atoms with van der Waals surface area (Å²) in [7, 11) is 0. The zero-order chi connectivity index (χ0) is 12.5. The van der Waals surface area contributed by atoms with E-state index in [2.05, 4.69) is 0 Å². The van der Waals surface area contributed by atoms with Crippen molar-refractivity contribution >= 4 is 11.9 Å². The van der Waals surface area contributed by atoms with Gasteiger partial charge in [-0.05, 0) is 18.8 Å². The van der Waals surface area contributed by atoms with E-state index in [4.69, 9.17) is 10.2 Å². The molecule has 1 fully saturated rings. The smallest absolute Gasteiger partial charge is 0.332 e. The number of carboxylic acid groups (broad SMARTS) is 2. The summed E-state index contributed by atoms with van der Waals surface area (Å²) < 4.78 is 0. The van der Waals surface area contributed by atoms with Gasteiger partial charge in [0, 0.05) is 5.92 Å². The average molecular weight is 232 g/mol. The first-order valence-electron chi connectivity index (χ1n) is 5.16. The third kappa shape index (κ3) is 2.51. The van der Waals surface area contributed by atoms with Gasteiger partial charge in [0.1, 0.15) is 0 Å². The van der Waals surface area contributed by atoms with Crippen LogP contribution in [0.25, 0.3) is 0 Å². The Hall–Kier alpha value is -1.14. The minimum absolute atomic E-state index is 0.00426. The van der Waals surface area contributed by atoms with Gasteiger partial charge in [-0.2, -0.15) is 0 Å². The maximum Gasteiger partial charge on any atom is 0.332 e. The lowest BCUT2D eigenvalue weighted by Gasteiger charge is -2.37. The molecule has 0 radical (unpaired) electrons. The number of hydrogen-bond donors (Lipinski definition) is 4. The largest absolute Gasteiger partial charge is 0.481 e. The van der Waals surface area contributed by atoms with E-state index in [9.17, 15) is 19.8 Å². The third-order valence-corrected chi connectivity index (χ3v) is 3.14. The van der Waals surface area contributed by atoms with Crippen molar-refractivity contribution in [3.05, 3.63) is 0 Å². The highest BCUT2D eigenvalue weighted by atomic mass is 16.4. The normalized spacial score (nSPS) is 36.7. The van der Waals surface area contributed by atoms with E-state index in [-0.39, 0.29) is 5.92 Å². The molecule has 0 aromatic rings. The molecule has 5 atom stereocenters. The summed E-state index contributed by atoms with van der Waals surface area (Å²) in [6.45, 7) is 1.79. The molecule has 0 bridgehead atoms. The first-order chi connectivity index (χ1) is 7.34. The second-order valence-corrected chi connectivity index (χ2v) is 4.45. The Kier molecular flexibility index (Phi) is 3.88. The number of hydrogen-bond acceptors (Lipinski definition) is 4. The topological polar surface area (TPSA) is 115 Å². The van der Waals surface area contributed by atoms with Crippen LogP contribution >= 0.6 is 0 Å². The van der Waals surface area contributed by atoms with Crippen LogP contribution in [0.1, 0.15) is 19.8 Å². The van der Waals surface area contributed by atoms with Gasteiger partial charge in [-0.1, -0.05) is 6.92 Å². The second-order valence-electron chi connectivity index (χ2n) is 4.45. The average Bonchev–Trinajstić information content (AvgIpc) is 2.14. The van der Waals surface area contributed by atoms with Crippen molar-refractivity contribution in [2.24, 2.45) is 17.8 Å². The number of aliphatic carboxylic acids is 2. The zero-order valence-electron chi connectivity index (χ0n) is 8.91. The fourth-order valence-electron chi connectivity index (χ4n) is 2.41. The molecular formula is C10H16O6. The Morgan fingerprint density at radius 1 is 1.25 bits per heavy atom. The van der Waals surface area contributed by atoms with E-state index in [1.54, 1.807) is 6.92 Å². The van der Waals surface area contributed by atoms with Crippen molar-refractivity contribution < 1.29 is 30.0 Å². The highest BCUT2D eigenvalue weighted by molar-refractivity contribution is 5.76. The number of rotatable bonds is 3. The number of carbonyl (C=O) groups is 2. The predicted octanol–water partition coefficient (Wildman–Crippen LogP) is -0.460. The van der Waals surface area contributed by atoms with Crippen LogP contribution in [0.4, 0.5) is 0 Å². The highest BCUT2D eigenvalue weighted by Gasteiger charge is 2.45. The van der Waals surface area contributed by atoms with Gasteiger partial charge in [0.2, 0.25) is 0 Å². The van der Waals surface area contributed by atoms with Crippen molar-refractivity contribution in [1.82, 2.24) is 0 Å². The Morgan fingerprint density at radius 2 is 1.81 bits per heavy atom. The van der Waals surface area contributed by atoms with Crippen molar-refractivity contribution in [3.8, 4) is 0 Å². The standard InChI is InChI=1S/C10H16O6/c1-4-2-5(8(12)10(15)16)7(9(13)14)6(11)3-4/h4-8,11-12H,2-3H2,1H3,(H,13,14)(H,15,16). The molecule has 0 amide bonds. The Balaban J connectivity index is 2.91. The Morgan fingerprint density at radius 3 is 2.25 bits per heavy atom. The van der Waals surface area contributed by atoms with Gasteiger partial charge in [0.05, 0.1) is 12.0 Å². The maximum atomic E-state index is 10.9. The van der Waals surface area contributed by atoms with E-state index in [0.717, 1.165) is 0 Å². The fourth-order valence-corrected chi connectivity index (χ4v) is 2.41. The summed E-state index contributed by atoms with van der Waals surface area (Å²) in [5.74, 6) is -4.84. The molecule has 0 aromatic carbocycles. The van der Waals surface area contributed by atoms with Gasteiger partial charge in [-0.25, -0.2) is 4.79 Å². The zero-order valence-corrected chi connectivity index (χ0v) is 8.91. The van der Waals surface area contributed by atoms with E-state index in [1.165, 1.54) is 0 Å². The van der Waals surface area contributed by atoms with Crippen LogP contribution < -0.4 is 0 Å². The van der Waals surface area contributed by atoms with Crippen LogP contribution in [0.2, 0.25) is 0 Å². The minimum Gasteiger partial charge on any atom is -0.481 e. The number of carboxylic acids is 2. The Labute approximate surface area is 92.5 Å². The fraction of sp³-hybridized carbons (Fsp3) is 0.800. The van der Waals surface area contributed by atoms with Crippen LogP contribution in [0.5, 0.6) is 0 Å². The molecular weight excluding hydrogens is 216 g/mol. The molecule has 6 nitrogen and oxygen atoms in total. The third-order valence-electron chi connectivity index (χ3n) is 3.14. The molecule has 0 saturated heterocycles. The molecule has 0 heterocycles. The molecule has 5 unspecified atom stereocenters. The van der Waals surface area contributed by atoms with Crippen LogP contribution in [-0.2, 0) is 9.59 Å². The van der Waals surface area contributed by atoms with Gasteiger partial charge < -0.3 is 20.4 Å². The molecule has 0 aromatic heterocycles. The molecule has 1 rings (SSSR count). The van der Waals surface area contributed by atoms with Gasteiger partial charge in [0.15, 0.2) is 6.10 Å². The van der Waals surface area contributed by atoms with Gasteiger partial charge in [0.25, 0.3) is 0 Å². The summed E-state index contributed by atoms with van der Waals surface area (Å²) in [5, 5.41) is 36.7. The first-order valence-corrected chi connectivity index (χ1v) is 5.16. The molecule has 6 heteroatoms. The van der Waals surface area contributed by atoms with E-state index >= 15 is 0 Å². The first kappa shape index (κ1) is 12.9. The van der Waals surface area contributed by atoms with E-state index in [0.29, 0.717) is 12.8 Å². The summed E-state index contributed by atoms with van der Waals surface area (Å²) in [4.78, 5) is 21.6. The van der Waals surface area contributed by atoms with Crippen LogP contribution in [0.15, 0.2) is 0 Å². The van der Waals surface area contributed by atoms with Crippen molar-refractivity contribution in [2.45, 2.75) is 32.0 Å². The second kappa shape index (κ2) is 4.80. The van der Waals surface area contributed by atoms with E-state index in [1.807, 2.05) is 0 Å². The number of aliphatic hydroxyl groups is 2. The summed E-state index contributed by atoms with van der Waals surface area (Å²) >= 11 is 0. The van der Waals surface area contributed by atoms with Crippen LogP contribution in [-0.4, -0.2) is 44.6 Å². The molecule has 1 aliphatic carbocycles.